The van der Waals surface area contributed by atoms with Crippen molar-refractivity contribution < 1.29 is 9.47 Å². The van der Waals surface area contributed by atoms with Crippen LogP contribution < -0.4 is 4.90 Å². The summed E-state index contributed by atoms with van der Waals surface area (Å²) >= 11 is 9.63. The lowest BCUT2D eigenvalue weighted by Gasteiger charge is -2.25. The lowest BCUT2D eigenvalue weighted by molar-refractivity contribution is 0.190. The van der Waals surface area contributed by atoms with Crippen molar-refractivity contribution in [2.24, 2.45) is 0 Å². The summed E-state index contributed by atoms with van der Waals surface area (Å²) in [5.74, 6) is 0. The molecule has 0 saturated heterocycles. The second kappa shape index (κ2) is 7.93. The van der Waals surface area contributed by atoms with E-state index >= 15 is 0 Å². The van der Waals surface area contributed by atoms with E-state index in [1.165, 1.54) is 0 Å². The van der Waals surface area contributed by atoms with Crippen molar-refractivity contribution in [2.45, 2.75) is 0 Å². The van der Waals surface area contributed by atoms with Gasteiger partial charge in [0.1, 0.15) is 0 Å². The molecule has 0 atom stereocenters. The highest BCUT2D eigenvalue weighted by Gasteiger charge is 2.10. The Balaban J connectivity index is 2.79. The van der Waals surface area contributed by atoms with Crippen LogP contribution in [0.2, 0.25) is 5.02 Å². The van der Waals surface area contributed by atoms with Gasteiger partial charge in [0.05, 0.1) is 23.9 Å². The predicted molar refractivity (Wildman–Crippen MR) is 75.1 cm³/mol. The molecule has 1 aromatic rings. The molecule has 0 spiro atoms. The van der Waals surface area contributed by atoms with Crippen molar-refractivity contribution in [3.8, 4) is 0 Å². The molecular weight excluding hydrogens is 305 g/mol. The molecule has 0 N–H and O–H groups in total. The van der Waals surface area contributed by atoms with E-state index in [2.05, 4.69) is 20.8 Å². The molecule has 0 saturated carbocycles. The maximum absolute atomic E-state index is 6.23. The summed E-state index contributed by atoms with van der Waals surface area (Å²) in [4.78, 5) is 2.15. The summed E-state index contributed by atoms with van der Waals surface area (Å²) in [5, 5.41) is 0.728. The van der Waals surface area contributed by atoms with Crippen molar-refractivity contribution in [1.82, 2.24) is 0 Å². The van der Waals surface area contributed by atoms with Crippen LogP contribution in [0.1, 0.15) is 0 Å². The third-order valence-electron chi connectivity index (χ3n) is 2.38. The lowest BCUT2D eigenvalue weighted by atomic mass is 10.3. The number of ether oxygens (including phenoxy) is 2. The number of hydrogen-bond donors (Lipinski definition) is 0. The van der Waals surface area contributed by atoms with Gasteiger partial charge in [-0.3, -0.25) is 0 Å². The van der Waals surface area contributed by atoms with Gasteiger partial charge >= 0.3 is 0 Å². The fourth-order valence-corrected chi connectivity index (χ4v) is 2.29. The molecule has 96 valence electrons. The molecule has 0 unspecified atom stereocenters. The van der Waals surface area contributed by atoms with Gasteiger partial charge in [-0.1, -0.05) is 27.5 Å². The van der Waals surface area contributed by atoms with E-state index in [0.29, 0.717) is 13.2 Å². The molecule has 0 aliphatic rings. The molecule has 0 aliphatic heterocycles. The van der Waals surface area contributed by atoms with Crippen LogP contribution in [0.5, 0.6) is 0 Å². The maximum atomic E-state index is 6.23. The number of methoxy groups -OCH3 is 2. The number of anilines is 1. The molecule has 0 aliphatic carbocycles. The van der Waals surface area contributed by atoms with Gasteiger partial charge in [-0.05, 0) is 18.2 Å². The Bertz CT molecular complexity index is 341. The molecule has 0 aromatic heterocycles. The number of benzene rings is 1. The minimum atomic E-state index is 0.663. The Labute approximate surface area is 116 Å². The second-order valence-corrected chi connectivity index (χ2v) is 4.89. The Morgan fingerprint density at radius 1 is 1.18 bits per heavy atom. The quantitative estimate of drug-likeness (QED) is 0.769. The van der Waals surface area contributed by atoms with Crippen molar-refractivity contribution in [3.63, 3.8) is 0 Å². The van der Waals surface area contributed by atoms with Crippen molar-refractivity contribution in [3.05, 3.63) is 27.7 Å². The molecule has 0 bridgehead atoms. The molecule has 1 rings (SSSR count). The largest absolute Gasteiger partial charge is 0.383 e. The van der Waals surface area contributed by atoms with Gasteiger partial charge in [-0.2, -0.15) is 0 Å². The fourth-order valence-electron chi connectivity index (χ4n) is 1.49. The van der Waals surface area contributed by atoms with Crippen LogP contribution in [0.15, 0.2) is 22.7 Å². The van der Waals surface area contributed by atoms with E-state index in [1.54, 1.807) is 14.2 Å². The first-order chi connectivity index (χ1) is 8.19. The predicted octanol–water partition coefficient (Wildman–Crippen LogP) is 3.20. The Hall–Kier alpha value is -0.290. The van der Waals surface area contributed by atoms with Crippen LogP contribution in [0.3, 0.4) is 0 Å². The van der Waals surface area contributed by atoms with Crippen LogP contribution >= 0.6 is 27.5 Å². The number of rotatable bonds is 7. The number of halogens is 2. The third-order valence-corrected chi connectivity index (χ3v) is 3.18. The molecule has 0 amide bonds. The van der Waals surface area contributed by atoms with Crippen LogP contribution in [0.4, 0.5) is 5.69 Å². The topological polar surface area (TPSA) is 21.7 Å². The van der Waals surface area contributed by atoms with Gasteiger partial charge in [-0.25, -0.2) is 0 Å². The van der Waals surface area contributed by atoms with Crippen LogP contribution in [0.25, 0.3) is 0 Å². The fraction of sp³-hybridized carbons (Fsp3) is 0.500. The maximum Gasteiger partial charge on any atom is 0.0650 e. The number of hydrogen-bond acceptors (Lipinski definition) is 3. The number of nitrogens with zero attached hydrogens (tertiary/aromatic N) is 1. The molecular formula is C12H17BrClNO2. The molecule has 3 nitrogen and oxygen atoms in total. The first-order valence-electron chi connectivity index (χ1n) is 5.37. The van der Waals surface area contributed by atoms with Gasteiger partial charge < -0.3 is 14.4 Å². The first kappa shape index (κ1) is 14.8. The summed E-state index contributed by atoms with van der Waals surface area (Å²) < 4.78 is 11.2. The molecule has 17 heavy (non-hydrogen) atoms. The molecule has 0 heterocycles. The van der Waals surface area contributed by atoms with Gasteiger partial charge in [-0.15, -0.1) is 0 Å². The van der Waals surface area contributed by atoms with Gasteiger partial charge in [0.15, 0.2) is 0 Å². The van der Waals surface area contributed by atoms with Gasteiger partial charge in [0.2, 0.25) is 0 Å². The normalized spacial score (nSPS) is 10.6. The average molecular weight is 323 g/mol. The summed E-state index contributed by atoms with van der Waals surface area (Å²) in [6.07, 6.45) is 0. The van der Waals surface area contributed by atoms with Crippen molar-refractivity contribution >= 4 is 33.2 Å². The average Bonchev–Trinajstić information content (AvgIpc) is 2.30. The first-order valence-corrected chi connectivity index (χ1v) is 6.54. The van der Waals surface area contributed by atoms with E-state index in [9.17, 15) is 0 Å². The molecule has 0 radical (unpaired) electrons. The van der Waals surface area contributed by atoms with Crippen LogP contribution in [-0.2, 0) is 9.47 Å². The summed E-state index contributed by atoms with van der Waals surface area (Å²) in [5.41, 5.74) is 1.00. The highest BCUT2D eigenvalue weighted by Crippen LogP contribution is 2.28. The zero-order valence-corrected chi connectivity index (χ0v) is 12.4. The Morgan fingerprint density at radius 2 is 1.76 bits per heavy atom. The SMILES string of the molecule is COCCN(CCOC)c1ccc(Br)cc1Cl. The van der Waals surface area contributed by atoms with E-state index in [1.807, 2.05) is 18.2 Å². The van der Waals surface area contributed by atoms with Crippen LogP contribution in [0, 0.1) is 0 Å². The van der Waals surface area contributed by atoms with E-state index in [-0.39, 0.29) is 0 Å². The Kier molecular flexibility index (Phi) is 6.89. The lowest BCUT2D eigenvalue weighted by Crippen LogP contribution is -2.30. The minimum Gasteiger partial charge on any atom is -0.383 e. The van der Waals surface area contributed by atoms with Gasteiger partial charge in [0.25, 0.3) is 0 Å². The molecule has 0 fully saturated rings. The minimum absolute atomic E-state index is 0.663. The molecule has 5 heteroatoms. The van der Waals surface area contributed by atoms with Crippen LogP contribution in [-0.4, -0.2) is 40.5 Å². The van der Waals surface area contributed by atoms with Gasteiger partial charge in [0, 0.05) is 31.8 Å². The summed E-state index contributed by atoms with van der Waals surface area (Å²) in [6, 6.07) is 5.87. The zero-order valence-electron chi connectivity index (χ0n) is 10.1. The highest BCUT2D eigenvalue weighted by atomic mass is 79.9. The van der Waals surface area contributed by atoms with Crippen molar-refractivity contribution in [2.75, 3.05) is 45.4 Å². The second-order valence-electron chi connectivity index (χ2n) is 3.57. The Morgan fingerprint density at radius 3 is 2.24 bits per heavy atom. The van der Waals surface area contributed by atoms with E-state index in [0.717, 1.165) is 28.3 Å². The monoisotopic (exact) mass is 321 g/mol. The summed E-state index contributed by atoms with van der Waals surface area (Å²) in [6.45, 7) is 2.91. The van der Waals surface area contributed by atoms with E-state index < -0.39 is 0 Å². The molecule has 1 aromatic carbocycles. The zero-order chi connectivity index (χ0) is 12.7. The highest BCUT2D eigenvalue weighted by molar-refractivity contribution is 9.10. The van der Waals surface area contributed by atoms with Crippen molar-refractivity contribution in [1.29, 1.82) is 0 Å². The smallest absolute Gasteiger partial charge is 0.0650 e. The third kappa shape index (κ3) is 4.84. The van der Waals surface area contributed by atoms with E-state index in [4.69, 9.17) is 21.1 Å². The standard InChI is InChI=1S/C12H17BrClNO2/c1-16-7-5-15(6-8-17-2)12-4-3-10(13)9-11(12)14/h3-4,9H,5-8H2,1-2H3. The summed E-state index contributed by atoms with van der Waals surface area (Å²) in [7, 11) is 3.38.